The fraction of sp³-hybridized carbons (Fsp3) is 0.551. The van der Waals surface area contributed by atoms with Crippen molar-refractivity contribution in [1.82, 2.24) is 16.0 Å². The summed E-state index contributed by atoms with van der Waals surface area (Å²) in [5.74, 6) is -7.65. The molecule has 0 radical (unpaired) electrons. The number of hydrogen-bond donors (Lipinski definition) is 3. The van der Waals surface area contributed by atoms with Crippen molar-refractivity contribution >= 4 is 83.0 Å². The minimum atomic E-state index is -1.51. The maximum atomic E-state index is 14.1. The third-order valence-corrected chi connectivity index (χ3v) is 14.4. The zero-order valence-corrected chi connectivity index (χ0v) is 44.1. The van der Waals surface area contributed by atoms with Crippen LogP contribution in [0, 0.1) is 0 Å². The maximum absolute atomic E-state index is 14.1. The van der Waals surface area contributed by atoms with Crippen molar-refractivity contribution in [2.24, 2.45) is 0 Å². The number of rotatable bonds is 20. The number of amides is 3. The summed E-state index contributed by atoms with van der Waals surface area (Å²) in [6.07, 6.45) is -11.3. The molecule has 0 saturated carbocycles. The summed E-state index contributed by atoms with van der Waals surface area (Å²) in [5, 5.41) is 5.72. The van der Waals surface area contributed by atoms with Crippen molar-refractivity contribution in [3.8, 4) is 0 Å². The summed E-state index contributed by atoms with van der Waals surface area (Å²) in [7, 11) is 1.28. The molecule has 0 bridgehead atoms. The first-order chi connectivity index (χ1) is 35.6. The number of nitrogens with one attached hydrogen (secondary N) is 3. The van der Waals surface area contributed by atoms with Gasteiger partial charge in [0.2, 0.25) is 17.7 Å². The number of esters is 7. The number of ether oxygens (including phenoxy) is 11. The Labute approximate surface area is 440 Å². The van der Waals surface area contributed by atoms with E-state index in [-0.39, 0.29) is 11.1 Å². The molecule has 5 rings (SSSR count). The predicted octanol–water partition coefficient (Wildman–Crippen LogP) is 1.53. The second-order valence-electron chi connectivity index (χ2n) is 17.3. The van der Waals surface area contributed by atoms with Gasteiger partial charge < -0.3 is 68.1 Å². The van der Waals surface area contributed by atoms with E-state index in [0.29, 0.717) is 0 Å². The van der Waals surface area contributed by atoms with E-state index in [1.165, 1.54) is 45.2 Å². The Balaban J connectivity index is 1.67. The minimum Gasteiger partial charge on any atom is -0.463 e. The molecule has 0 aliphatic carbocycles. The molecule has 3 N–H and O–H groups in total. The second-order valence-corrected chi connectivity index (χ2v) is 19.8. The Morgan fingerprint density at radius 3 is 1.29 bits per heavy atom. The van der Waals surface area contributed by atoms with E-state index in [1.54, 1.807) is 36.4 Å². The highest BCUT2D eigenvalue weighted by Gasteiger charge is 2.58. The molecule has 3 heterocycles. The van der Waals surface area contributed by atoms with Crippen LogP contribution in [-0.4, -0.2) is 175 Å². The van der Waals surface area contributed by atoms with Crippen molar-refractivity contribution < 1.29 is 100 Å². The van der Waals surface area contributed by atoms with Crippen LogP contribution in [-0.2, 0) is 90.5 Å². The molecule has 3 amide bonds. The molecule has 3 fully saturated rings. The Morgan fingerprint density at radius 1 is 0.440 bits per heavy atom. The molecule has 0 aromatic heterocycles. The zero-order valence-electron chi connectivity index (χ0n) is 42.4. The van der Waals surface area contributed by atoms with Crippen molar-refractivity contribution in [3.63, 3.8) is 0 Å². The van der Waals surface area contributed by atoms with E-state index < -0.39 is 168 Å². The van der Waals surface area contributed by atoms with Crippen LogP contribution in [0.4, 0.5) is 0 Å². The van der Waals surface area contributed by atoms with Gasteiger partial charge in [-0.15, -0.1) is 23.5 Å². The summed E-state index contributed by atoms with van der Waals surface area (Å²) >= 11 is 1.68. The molecule has 410 valence electrons. The zero-order chi connectivity index (χ0) is 55.1. The van der Waals surface area contributed by atoms with E-state index >= 15 is 0 Å². The summed E-state index contributed by atoms with van der Waals surface area (Å²) in [4.78, 5) is 130. The molecule has 3 aliphatic rings. The molecule has 24 nitrogen and oxygen atoms in total. The molecular formula is C49H61N3O21S2. The van der Waals surface area contributed by atoms with Gasteiger partial charge >= 0.3 is 41.8 Å². The lowest BCUT2D eigenvalue weighted by Gasteiger charge is -2.51. The quantitative estimate of drug-likeness (QED) is 0.125. The van der Waals surface area contributed by atoms with Gasteiger partial charge in [-0.3, -0.25) is 38.4 Å². The molecule has 2 aromatic rings. The first kappa shape index (κ1) is 59.6. The molecule has 2 aromatic carbocycles. The van der Waals surface area contributed by atoms with Crippen LogP contribution in [0.2, 0.25) is 0 Å². The standard InChI is InChI=1S/C49H61N3O21S2/c1-23(53)50-36-41(73-46(62)32-18-14-11-15-19-32)43(34(70-47(36)63-9)22-66-45(61)31-16-12-10-13-17-31)74-49-38(52-25(3)55)42(69-30(8)60)44(35(72-49)21-65-27(5)57)75-48-37(51-24(2)54)40(68-29(7)59)39(67-28(6)58)33(71-48)20-64-26(4)56/h10-19,33-44,47-49H,20-22H2,1-9H3,(H,50,53)(H,51,54)(H,52,55)/t33-,34-,35-,36-,37-,38-,39-,40-,41-,42-,43-,44-,47+,48+,49+/m1/s1. The van der Waals surface area contributed by atoms with Crippen LogP contribution in [0.1, 0.15) is 76.1 Å². The van der Waals surface area contributed by atoms with Crippen molar-refractivity contribution in [1.29, 1.82) is 0 Å². The number of thioether (sulfide) groups is 2. The van der Waals surface area contributed by atoms with Crippen molar-refractivity contribution in [2.45, 2.75) is 144 Å². The Kier molecular flexibility index (Phi) is 22.2. The largest absolute Gasteiger partial charge is 0.463 e. The molecule has 26 heteroatoms. The summed E-state index contributed by atoms with van der Waals surface area (Å²) < 4.78 is 65.6. The lowest BCUT2D eigenvalue weighted by Crippen LogP contribution is -2.68. The monoisotopic (exact) mass is 1090 g/mol. The van der Waals surface area contributed by atoms with Crippen LogP contribution in [0.15, 0.2) is 60.7 Å². The first-order valence-electron chi connectivity index (χ1n) is 23.4. The minimum absolute atomic E-state index is 0.115. The second kappa shape index (κ2) is 28.0. The number of carbonyl (C=O) groups is 10. The fourth-order valence-corrected chi connectivity index (χ4v) is 11.7. The molecule has 15 atom stereocenters. The average Bonchev–Trinajstić information content (AvgIpc) is 3.33. The summed E-state index contributed by atoms with van der Waals surface area (Å²) in [5.41, 5.74) is -2.51. The molecule has 0 unspecified atom stereocenters. The normalized spacial score (nSPS) is 29.2. The van der Waals surface area contributed by atoms with Gasteiger partial charge in [0.05, 0.1) is 21.6 Å². The third kappa shape index (κ3) is 17.1. The van der Waals surface area contributed by atoms with Crippen LogP contribution >= 0.6 is 23.5 Å². The highest BCUT2D eigenvalue weighted by atomic mass is 32.2. The predicted molar refractivity (Wildman–Crippen MR) is 261 cm³/mol. The SMILES string of the molecule is CO[C@H]1O[C@H](COC(=O)c2ccccc2)[C@@H](S[C@@H]2O[C@H](COC(C)=O)[C@@H](S[C@@H]3O[C@H](COC(C)=O)[C@@H](OC(C)=O)[C@H](OC(C)=O)[C@H]3NC(C)=O)[C@H](OC(C)=O)[C@H]2NC(C)=O)[C@H](OC(=O)c2ccccc2)[C@H]1NC(C)=O. The Bertz CT molecular complexity index is 2370. The topological polar surface area (TPSA) is 308 Å². The molecule has 3 saturated heterocycles. The fourth-order valence-electron chi connectivity index (χ4n) is 8.47. The van der Waals surface area contributed by atoms with E-state index in [1.807, 2.05) is 0 Å². The van der Waals surface area contributed by atoms with Gasteiger partial charge in [0.1, 0.15) is 79.3 Å². The van der Waals surface area contributed by atoms with Crippen LogP contribution in [0.25, 0.3) is 0 Å². The highest BCUT2D eigenvalue weighted by Crippen LogP contribution is 2.45. The Morgan fingerprint density at radius 2 is 0.827 bits per heavy atom. The number of benzene rings is 2. The van der Waals surface area contributed by atoms with E-state index in [0.717, 1.165) is 65.1 Å². The third-order valence-electron chi connectivity index (χ3n) is 11.3. The summed E-state index contributed by atoms with van der Waals surface area (Å²) in [6, 6.07) is 11.9. The highest BCUT2D eigenvalue weighted by molar-refractivity contribution is 8.01. The van der Waals surface area contributed by atoms with Gasteiger partial charge in [0.15, 0.2) is 18.5 Å². The number of hydrogen-bond acceptors (Lipinski definition) is 23. The van der Waals surface area contributed by atoms with Gasteiger partial charge in [-0.05, 0) is 24.3 Å². The molecular weight excluding hydrogens is 1030 g/mol. The first-order valence-corrected chi connectivity index (χ1v) is 25.3. The van der Waals surface area contributed by atoms with Crippen molar-refractivity contribution in [2.75, 3.05) is 26.9 Å². The van der Waals surface area contributed by atoms with Crippen molar-refractivity contribution in [3.05, 3.63) is 71.8 Å². The van der Waals surface area contributed by atoms with E-state index in [4.69, 9.17) is 52.1 Å². The summed E-state index contributed by atoms with van der Waals surface area (Å²) in [6.45, 7) is 7.37. The van der Waals surface area contributed by atoms with E-state index in [9.17, 15) is 47.9 Å². The van der Waals surface area contributed by atoms with Crippen LogP contribution < -0.4 is 16.0 Å². The lowest BCUT2D eigenvalue weighted by molar-refractivity contribution is -0.224. The Hall–Kier alpha value is -6.32. The van der Waals surface area contributed by atoms with Gasteiger partial charge in [0, 0.05) is 62.5 Å². The molecule has 75 heavy (non-hydrogen) atoms. The van der Waals surface area contributed by atoms with Gasteiger partial charge in [-0.2, -0.15) is 0 Å². The van der Waals surface area contributed by atoms with E-state index in [2.05, 4.69) is 16.0 Å². The smallest absolute Gasteiger partial charge is 0.338 e. The van der Waals surface area contributed by atoms with Crippen LogP contribution in [0.3, 0.4) is 0 Å². The average molecular weight is 1090 g/mol. The number of carbonyl (C=O) groups excluding carboxylic acids is 10. The van der Waals surface area contributed by atoms with Crippen LogP contribution in [0.5, 0.6) is 0 Å². The molecule has 3 aliphatic heterocycles. The van der Waals surface area contributed by atoms with Gasteiger partial charge in [-0.1, -0.05) is 36.4 Å². The lowest BCUT2D eigenvalue weighted by atomic mass is 9.97. The van der Waals surface area contributed by atoms with Gasteiger partial charge in [0.25, 0.3) is 0 Å². The molecule has 0 spiro atoms. The number of methoxy groups -OCH3 is 1. The van der Waals surface area contributed by atoms with Gasteiger partial charge in [-0.25, -0.2) is 9.59 Å². The maximum Gasteiger partial charge on any atom is 0.338 e.